The largest absolute Gasteiger partial charge is 0.497 e. The molecule has 1 aliphatic heterocycles. The molecule has 2 aromatic carbocycles. The van der Waals surface area contributed by atoms with Crippen LogP contribution in [-0.4, -0.2) is 42.3 Å². The molecule has 6 heteroatoms. The quantitative estimate of drug-likeness (QED) is 0.721. The number of benzene rings is 2. The molecule has 2 atom stereocenters. The van der Waals surface area contributed by atoms with E-state index in [4.69, 9.17) is 21.1 Å². The normalized spacial score (nSPS) is 18.5. The van der Waals surface area contributed by atoms with Crippen LogP contribution in [0.3, 0.4) is 0 Å². The monoisotopic (exact) mass is 403 g/mol. The maximum absolute atomic E-state index is 12.0. The van der Waals surface area contributed by atoms with Crippen LogP contribution in [0.4, 0.5) is 0 Å². The summed E-state index contributed by atoms with van der Waals surface area (Å²) in [7, 11) is 1.63. The Morgan fingerprint density at radius 3 is 2.64 bits per heavy atom. The summed E-state index contributed by atoms with van der Waals surface area (Å²) < 4.78 is 11.2. The van der Waals surface area contributed by atoms with E-state index in [1.54, 1.807) is 13.2 Å². The molecule has 150 valence electrons. The van der Waals surface area contributed by atoms with E-state index in [2.05, 4.69) is 4.90 Å². The van der Waals surface area contributed by atoms with Gasteiger partial charge in [0.25, 0.3) is 0 Å². The molecule has 0 aliphatic carbocycles. The number of ether oxygens (including phenoxy) is 2. The van der Waals surface area contributed by atoms with Crippen LogP contribution in [0.1, 0.15) is 43.4 Å². The Morgan fingerprint density at radius 2 is 2.00 bits per heavy atom. The zero-order chi connectivity index (χ0) is 20.1. The number of methoxy groups -OCH3 is 1. The number of carboxylic acid groups (broad SMARTS) is 1. The van der Waals surface area contributed by atoms with Crippen LogP contribution in [0.2, 0.25) is 5.02 Å². The summed E-state index contributed by atoms with van der Waals surface area (Å²) in [5.74, 6) is 0.688. The first-order chi connectivity index (χ1) is 13.5. The molecule has 0 saturated carbocycles. The van der Waals surface area contributed by atoms with Gasteiger partial charge in [0.15, 0.2) is 0 Å². The van der Waals surface area contributed by atoms with Crippen molar-refractivity contribution in [2.45, 2.75) is 38.3 Å². The molecule has 0 aromatic heterocycles. The van der Waals surface area contributed by atoms with Crippen molar-refractivity contribution in [3.8, 4) is 11.5 Å². The maximum Gasteiger partial charge on any atom is 0.320 e. The van der Waals surface area contributed by atoms with Gasteiger partial charge in [-0.2, -0.15) is 0 Å². The summed E-state index contributed by atoms with van der Waals surface area (Å²) in [6.07, 6.45) is 2.50. The van der Waals surface area contributed by atoms with Crippen LogP contribution in [0.15, 0.2) is 42.5 Å². The molecular weight excluding hydrogens is 378 g/mol. The molecular formula is C22H26ClNO4. The Morgan fingerprint density at radius 1 is 1.25 bits per heavy atom. The number of carbonyl (C=O) groups is 1. The Kier molecular flexibility index (Phi) is 6.81. The number of halogens is 1. The van der Waals surface area contributed by atoms with Gasteiger partial charge >= 0.3 is 5.97 Å². The van der Waals surface area contributed by atoms with Gasteiger partial charge in [-0.3, -0.25) is 9.69 Å². The van der Waals surface area contributed by atoms with E-state index in [9.17, 15) is 9.90 Å². The lowest BCUT2D eigenvalue weighted by atomic mass is 9.91. The lowest BCUT2D eigenvalue weighted by molar-refractivity contribution is -0.145. The first-order valence-corrected chi connectivity index (χ1v) is 9.97. The highest BCUT2D eigenvalue weighted by molar-refractivity contribution is 6.30. The molecule has 0 radical (unpaired) electrons. The minimum absolute atomic E-state index is 0.271. The van der Waals surface area contributed by atoms with E-state index in [1.165, 1.54) is 0 Å². The number of carboxylic acids is 1. The summed E-state index contributed by atoms with van der Waals surface area (Å²) in [5.41, 5.74) is 1.87. The SMILES string of the molecule is CCOc1ccc(Cl)cc1C(c1ccc(OC)cc1)N1CCCCC1C(=O)O. The highest BCUT2D eigenvalue weighted by Crippen LogP contribution is 2.40. The Hall–Kier alpha value is -2.24. The number of aliphatic carboxylic acids is 1. The van der Waals surface area contributed by atoms with E-state index in [-0.39, 0.29) is 6.04 Å². The van der Waals surface area contributed by atoms with Gasteiger partial charge in [-0.15, -0.1) is 0 Å². The lowest BCUT2D eigenvalue weighted by Gasteiger charge is -2.40. The number of likely N-dealkylation sites (tertiary alicyclic amines) is 1. The maximum atomic E-state index is 12.0. The van der Waals surface area contributed by atoms with Gasteiger partial charge in [0.1, 0.15) is 17.5 Å². The highest BCUT2D eigenvalue weighted by Gasteiger charge is 2.36. The molecule has 1 N–H and O–H groups in total. The predicted molar refractivity (Wildman–Crippen MR) is 109 cm³/mol. The van der Waals surface area contributed by atoms with E-state index in [1.807, 2.05) is 43.3 Å². The van der Waals surface area contributed by atoms with Crippen LogP contribution in [-0.2, 0) is 4.79 Å². The highest BCUT2D eigenvalue weighted by atomic mass is 35.5. The van der Waals surface area contributed by atoms with Gasteiger partial charge in [-0.05, 0) is 62.2 Å². The van der Waals surface area contributed by atoms with Gasteiger partial charge in [0.2, 0.25) is 0 Å². The summed E-state index contributed by atoms with van der Waals surface area (Å²) in [5, 5.41) is 10.4. The van der Waals surface area contributed by atoms with Gasteiger partial charge < -0.3 is 14.6 Å². The molecule has 2 aromatic rings. The number of nitrogens with zero attached hydrogens (tertiary/aromatic N) is 1. The minimum Gasteiger partial charge on any atom is -0.497 e. The summed E-state index contributed by atoms with van der Waals surface area (Å²) in [6.45, 7) is 3.15. The Labute approximate surface area is 170 Å². The van der Waals surface area contributed by atoms with Crippen molar-refractivity contribution >= 4 is 17.6 Å². The molecule has 0 amide bonds. The third kappa shape index (κ3) is 4.42. The number of rotatable bonds is 7. The molecule has 2 unspecified atom stereocenters. The number of hydrogen-bond acceptors (Lipinski definition) is 4. The Bertz CT molecular complexity index is 809. The second-order valence-corrected chi connectivity index (χ2v) is 7.31. The summed E-state index contributed by atoms with van der Waals surface area (Å²) >= 11 is 6.32. The standard InChI is InChI=1S/C22H26ClNO4/c1-3-28-20-12-9-16(23)14-18(20)21(15-7-10-17(27-2)11-8-15)24-13-5-4-6-19(24)22(25)26/h7-12,14,19,21H,3-6,13H2,1-2H3,(H,25,26). The van der Waals surface area contributed by atoms with Crippen molar-refractivity contribution in [2.24, 2.45) is 0 Å². The van der Waals surface area contributed by atoms with Crippen molar-refractivity contribution in [3.63, 3.8) is 0 Å². The average molecular weight is 404 g/mol. The molecule has 1 fully saturated rings. The molecule has 28 heavy (non-hydrogen) atoms. The number of piperidine rings is 1. The topological polar surface area (TPSA) is 59.0 Å². The molecule has 0 spiro atoms. The third-order valence-corrected chi connectivity index (χ3v) is 5.39. The predicted octanol–water partition coefficient (Wildman–Crippen LogP) is 4.78. The van der Waals surface area contributed by atoms with Crippen molar-refractivity contribution < 1.29 is 19.4 Å². The molecule has 1 saturated heterocycles. The summed E-state index contributed by atoms with van der Waals surface area (Å²) in [4.78, 5) is 14.0. The van der Waals surface area contributed by atoms with Crippen LogP contribution in [0.5, 0.6) is 11.5 Å². The van der Waals surface area contributed by atoms with Crippen molar-refractivity contribution in [3.05, 3.63) is 58.6 Å². The molecule has 3 rings (SSSR count). The molecule has 0 bridgehead atoms. The molecule has 1 aliphatic rings. The van der Waals surface area contributed by atoms with Crippen molar-refractivity contribution in [1.82, 2.24) is 4.90 Å². The zero-order valence-corrected chi connectivity index (χ0v) is 17.0. The van der Waals surface area contributed by atoms with Crippen LogP contribution < -0.4 is 9.47 Å². The fourth-order valence-corrected chi connectivity index (χ4v) is 4.06. The van der Waals surface area contributed by atoms with E-state index < -0.39 is 12.0 Å². The smallest absolute Gasteiger partial charge is 0.320 e. The fraction of sp³-hybridized carbons (Fsp3) is 0.409. The van der Waals surface area contributed by atoms with Gasteiger partial charge in [0, 0.05) is 10.6 Å². The van der Waals surface area contributed by atoms with Crippen LogP contribution in [0.25, 0.3) is 0 Å². The van der Waals surface area contributed by atoms with E-state index in [0.29, 0.717) is 24.6 Å². The first kappa shape index (κ1) is 20.5. The van der Waals surface area contributed by atoms with Gasteiger partial charge in [0.05, 0.1) is 19.8 Å². The van der Waals surface area contributed by atoms with Gasteiger partial charge in [-0.1, -0.05) is 30.2 Å². The Balaban J connectivity index is 2.13. The van der Waals surface area contributed by atoms with Crippen molar-refractivity contribution in [1.29, 1.82) is 0 Å². The number of hydrogen-bond donors (Lipinski definition) is 1. The first-order valence-electron chi connectivity index (χ1n) is 9.60. The second-order valence-electron chi connectivity index (χ2n) is 6.88. The molecule has 5 nitrogen and oxygen atoms in total. The van der Waals surface area contributed by atoms with E-state index in [0.717, 1.165) is 35.5 Å². The van der Waals surface area contributed by atoms with Crippen molar-refractivity contribution in [2.75, 3.05) is 20.3 Å². The van der Waals surface area contributed by atoms with Crippen LogP contribution >= 0.6 is 11.6 Å². The van der Waals surface area contributed by atoms with E-state index >= 15 is 0 Å². The van der Waals surface area contributed by atoms with Crippen LogP contribution in [0, 0.1) is 0 Å². The average Bonchev–Trinajstić information content (AvgIpc) is 2.71. The minimum atomic E-state index is -0.793. The zero-order valence-electron chi connectivity index (χ0n) is 16.2. The lowest BCUT2D eigenvalue weighted by Crippen LogP contribution is -2.46. The fourth-order valence-electron chi connectivity index (χ4n) is 3.88. The second kappa shape index (κ2) is 9.30. The summed E-state index contributed by atoms with van der Waals surface area (Å²) in [6, 6.07) is 12.5. The van der Waals surface area contributed by atoms with Gasteiger partial charge in [-0.25, -0.2) is 0 Å². The third-order valence-electron chi connectivity index (χ3n) is 5.16. The molecule has 1 heterocycles.